The van der Waals surface area contributed by atoms with Crippen molar-refractivity contribution < 1.29 is 43.4 Å². The Labute approximate surface area is 459 Å². The lowest BCUT2D eigenvalue weighted by atomic mass is 9.93. The summed E-state index contributed by atoms with van der Waals surface area (Å²) in [5.41, 5.74) is 17.2. The first-order valence-corrected chi connectivity index (χ1v) is 28.4. The Bertz CT molecular complexity index is 2220. The second-order valence-electron chi connectivity index (χ2n) is 22.1. The highest BCUT2D eigenvalue weighted by molar-refractivity contribution is 6.09. The number of ketones is 1. The number of ether oxygens (including phenoxy) is 1. The summed E-state index contributed by atoms with van der Waals surface area (Å²) in [5, 5.41) is 17.2. The van der Waals surface area contributed by atoms with Gasteiger partial charge in [0.2, 0.25) is 17.7 Å². The van der Waals surface area contributed by atoms with Gasteiger partial charge in [-0.25, -0.2) is 15.4 Å². The number of nitrogens with two attached hydrogens (primary N) is 4. The van der Waals surface area contributed by atoms with Crippen LogP contribution in [0.3, 0.4) is 0 Å². The Morgan fingerprint density at radius 1 is 0.753 bits per heavy atom. The first kappa shape index (κ1) is 67.2. The number of hydrogen-bond acceptors (Lipinski definition) is 11. The monoisotopic (exact) mass is 1080 g/mol. The van der Waals surface area contributed by atoms with Crippen molar-refractivity contribution in [3.63, 3.8) is 0 Å². The maximum atomic E-state index is 15.1. The number of benzene rings is 2. The van der Waals surface area contributed by atoms with Gasteiger partial charge in [0.25, 0.3) is 5.91 Å². The molecular weight excluding hydrogens is 979 g/mol. The molecule has 77 heavy (non-hydrogen) atoms. The molecule has 5 amide bonds. The maximum absolute atomic E-state index is 15.1. The molecule has 0 unspecified atom stereocenters. The van der Waals surface area contributed by atoms with Crippen LogP contribution in [0.15, 0.2) is 53.5 Å². The number of aliphatic carboxylic acids is 1. The van der Waals surface area contributed by atoms with Gasteiger partial charge in [0, 0.05) is 24.9 Å². The Morgan fingerprint density at radius 2 is 1.39 bits per heavy atom. The van der Waals surface area contributed by atoms with Gasteiger partial charge in [-0.2, -0.15) is 0 Å². The number of carboxylic acids is 1. The van der Waals surface area contributed by atoms with E-state index in [-0.39, 0.29) is 68.9 Å². The minimum atomic E-state index is -1.27. The first-order valence-electron chi connectivity index (χ1n) is 28.4. The van der Waals surface area contributed by atoms with Crippen molar-refractivity contribution >= 4 is 58.2 Å². The number of allylic oxidation sites excluding steroid dienone is 2. The number of rotatable bonds is 38. The third-order valence-electron chi connectivity index (χ3n) is 13.4. The number of unbranched alkanes of at least 4 members (excludes halogenated alkanes) is 12. The molecule has 0 spiro atoms. The number of alkyl carbamates (subject to hydrolysis) is 1. The number of nitrogens with zero attached hydrogens (tertiary/aromatic N) is 3. The molecular formula is C59H97N9O9. The number of Topliss-reactive ketones (excluding diaryl/α,β-unsaturated/α-hetero) is 1. The zero-order valence-corrected chi connectivity index (χ0v) is 47.9. The van der Waals surface area contributed by atoms with Crippen molar-refractivity contribution in [3.8, 4) is 0 Å². The number of imide groups is 1. The predicted molar refractivity (Wildman–Crippen MR) is 306 cm³/mol. The summed E-state index contributed by atoms with van der Waals surface area (Å²) in [6.07, 6.45) is 19.3. The largest absolute Gasteiger partial charge is 0.480 e. The number of amides is 5. The van der Waals surface area contributed by atoms with Crippen LogP contribution in [-0.2, 0) is 35.1 Å². The molecule has 11 N–H and O–H groups in total. The SMILES string of the molecule is CCCCCCCC/C=C\CCCCCCCC(=O)N(C(=O)[C@H](CCCN=C(N)N)NC(=O)OC(C)(C)C)[C@@H](CCCCN)C(=O)c1ccc2c(CCC(=O)N(N)[C@@H](CC(C)C)C(=O)N[C@H](C(=O)O)C(C)C)cccc2c1. The van der Waals surface area contributed by atoms with Gasteiger partial charge in [0.15, 0.2) is 11.7 Å². The molecule has 4 atom stereocenters. The maximum Gasteiger partial charge on any atom is 0.408 e. The molecule has 0 heterocycles. The molecule has 0 saturated heterocycles. The van der Waals surface area contributed by atoms with Crippen LogP contribution in [0.25, 0.3) is 10.8 Å². The molecule has 0 aromatic heterocycles. The van der Waals surface area contributed by atoms with Crippen LogP contribution in [0.2, 0.25) is 0 Å². The standard InChI is InChI=1S/C59H97N9O9/c1-9-10-11-12-13-14-15-16-17-18-19-20-21-22-23-32-50(69)67(55(73)47(30-27-38-64-57(61)62)65-58(76)77-59(6,7)8)48(31-24-25-37-60)53(71)45-33-35-46-43(28-26-29-44(46)40-45)34-36-51(70)68(63)49(39-41(2)3)54(72)66-52(42(4)5)56(74)75/h16-17,26,28-29,33,35,40-42,47-49,52H,9-15,18-25,27,30-32,34,36-39,60,63H2,1-8H3,(H,65,76)(H,66,72)(H,74,75)(H4,61,62,64)/b17-16-/t47-,48-,49-,52-/m0/s1. The lowest BCUT2D eigenvalue weighted by Gasteiger charge is -2.33. The highest BCUT2D eigenvalue weighted by atomic mass is 16.6. The number of hydrogen-bond donors (Lipinski definition) is 7. The van der Waals surface area contributed by atoms with Crippen LogP contribution < -0.4 is 33.7 Å². The molecule has 0 fully saturated rings. The van der Waals surface area contributed by atoms with E-state index in [1.54, 1.807) is 58.9 Å². The van der Waals surface area contributed by atoms with E-state index < -0.39 is 77.2 Å². The van der Waals surface area contributed by atoms with Crippen LogP contribution >= 0.6 is 0 Å². The van der Waals surface area contributed by atoms with E-state index in [9.17, 15) is 29.1 Å². The van der Waals surface area contributed by atoms with Crippen molar-refractivity contribution in [2.45, 2.75) is 226 Å². The molecule has 2 rings (SSSR count). The third-order valence-corrected chi connectivity index (χ3v) is 13.4. The molecule has 0 aliphatic carbocycles. The van der Waals surface area contributed by atoms with Crippen molar-refractivity contribution in [1.82, 2.24) is 20.5 Å². The van der Waals surface area contributed by atoms with Crippen LogP contribution in [0.1, 0.15) is 206 Å². The van der Waals surface area contributed by atoms with Gasteiger partial charge in [-0.1, -0.05) is 128 Å². The molecule has 0 saturated carbocycles. The number of aryl methyl sites for hydroxylation is 1. The van der Waals surface area contributed by atoms with Gasteiger partial charge in [-0.05, 0) is 139 Å². The van der Waals surface area contributed by atoms with Gasteiger partial charge >= 0.3 is 12.1 Å². The highest BCUT2D eigenvalue weighted by Gasteiger charge is 2.39. The van der Waals surface area contributed by atoms with E-state index in [0.29, 0.717) is 31.2 Å². The Hall–Kier alpha value is -5.88. The summed E-state index contributed by atoms with van der Waals surface area (Å²) >= 11 is 0. The van der Waals surface area contributed by atoms with Crippen molar-refractivity contribution in [2.75, 3.05) is 13.1 Å². The minimum Gasteiger partial charge on any atom is -0.480 e. The molecule has 18 nitrogen and oxygen atoms in total. The second-order valence-corrected chi connectivity index (χ2v) is 22.1. The number of fused-ring (bicyclic) bond motifs is 1. The van der Waals surface area contributed by atoms with E-state index in [1.165, 1.54) is 38.5 Å². The second kappa shape index (κ2) is 36.3. The number of carbonyl (C=O) groups is 7. The molecule has 2 aromatic carbocycles. The fourth-order valence-corrected chi connectivity index (χ4v) is 9.17. The average molecular weight is 1080 g/mol. The summed E-state index contributed by atoms with van der Waals surface area (Å²) in [4.78, 5) is 102. The molecule has 0 aliphatic rings. The van der Waals surface area contributed by atoms with Gasteiger partial charge in [0.1, 0.15) is 29.8 Å². The fraction of sp³-hybridized carbons (Fsp3) is 0.661. The lowest BCUT2D eigenvalue weighted by Crippen LogP contribution is -2.57. The predicted octanol–water partition coefficient (Wildman–Crippen LogP) is 9.13. The number of aliphatic imine (C=N–C) groups is 1. The average Bonchev–Trinajstić information content (AvgIpc) is 3.36. The van der Waals surface area contributed by atoms with E-state index in [0.717, 1.165) is 59.4 Å². The number of carbonyl (C=O) groups excluding carboxylic acids is 6. The molecule has 0 aliphatic heterocycles. The van der Waals surface area contributed by atoms with Gasteiger partial charge < -0.3 is 37.7 Å². The summed E-state index contributed by atoms with van der Waals surface area (Å²) in [7, 11) is 0. The quantitative estimate of drug-likeness (QED) is 0.00483. The third kappa shape index (κ3) is 25.9. The smallest absolute Gasteiger partial charge is 0.408 e. The van der Waals surface area contributed by atoms with Crippen LogP contribution in [-0.4, -0.2) is 105 Å². The Morgan fingerprint density at radius 3 is 1.97 bits per heavy atom. The van der Waals surface area contributed by atoms with E-state index in [4.69, 9.17) is 27.8 Å². The van der Waals surface area contributed by atoms with Gasteiger partial charge in [-0.3, -0.25) is 38.9 Å². The molecule has 18 heteroatoms. The van der Waals surface area contributed by atoms with Crippen LogP contribution in [0.5, 0.6) is 0 Å². The summed E-state index contributed by atoms with van der Waals surface area (Å²) < 4.78 is 5.55. The highest BCUT2D eigenvalue weighted by Crippen LogP contribution is 2.27. The summed E-state index contributed by atoms with van der Waals surface area (Å²) in [6.45, 7) is 14.9. The number of guanidine groups is 1. The Kier molecular flexibility index (Phi) is 31.7. The van der Waals surface area contributed by atoms with E-state index in [2.05, 4.69) is 34.7 Å². The molecule has 2 aromatic rings. The van der Waals surface area contributed by atoms with Crippen LogP contribution in [0, 0.1) is 11.8 Å². The lowest BCUT2D eigenvalue weighted by molar-refractivity contribution is -0.149. The minimum absolute atomic E-state index is 0.00143. The van der Waals surface area contributed by atoms with Crippen LogP contribution in [0.4, 0.5) is 4.79 Å². The zero-order valence-electron chi connectivity index (χ0n) is 47.9. The van der Waals surface area contributed by atoms with Crippen molar-refractivity contribution in [2.24, 2.45) is 39.9 Å². The number of nitrogens with one attached hydrogen (secondary N) is 2. The summed E-state index contributed by atoms with van der Waals surface area (Å²) in [6, 6.07) is 5.80. The topological polar surface area (TPSA) is 296 Å². The van der Waals surface area contributed by atoms with Gasteiger partial charge in [0.05, 0.1) is 0 Å². The first-order chi connectivity index (χ1) is 36.5. The Balaban J connectivity index is 2.48. The summed E-state index contributed by atoms with van der Waals surface area (Å²) in [5.74, 6) is 1.64. The van der Waals surface area contributed by atoms with E-state index in [1.807, 2.05) is 26.0 Å². The van der Waals surface area contributed by atoms with E-state index >= 15 is 9.59 Å². The molecule has 0 radical (unpaired) electrons. The molecule has 432 valence electrons. The van der Waals surface area contributed by atoms with Gasteiger partial charge in [-0.15, -0.1) is 0 Å². The van der Waals surface area contributed by atoms with Crippen molar-refractivity contribution in [3.05, 3.63) is 59.7 Å². The normalized spacial score (nSPS) is 13.2. The zero-order chi connectivity index (χ0) is 57.5. The fourth-order valence-electron chi connectivity index (χ4n) is 9.17. The number of hydrazine groups is 1. The molecule has 0 bridgehead atoms. The van der Waals surface area contributed by atoms with Crippen molar-refractivity contribution in [1.29, 1.82) is 0 Å². The number of carboxylic acid groups (broad SMARTS) is 1.